The summed E-state index contributed by atoms with van der Waals surface area (Å²) in [5.41, 5.74) is 1.17. The van der Waals surface area contributed by atoms with E-state index in [1.807, 2.05) is 0 Å². The van der Waals surface area contributed by atoms with E-state index in [4.69, 9.17) is 4.99 Å². The molecule has 0 radical (unpaired) electrons. The van der Waals surface area contributed by atoms with E-state index in [1.165, 1.54) is 23.4 Å². The third kappa shape index (κ3) is 3.93. The molecule has 4 nitrogen and oxygen atoms in total. The fourth-order valence-electron chi connectivity index (χ4n) is 2.42. The molecule has 0 spiro atoms. The molecule has 5 heteroatoms. The maximum atomic E-state index is 4.75. The minimum Gasteiger partial charge on any atom is -0.357 e. The third-order valence-corrected chi connectivity index (χ3v) is 4.47. The van der Waals surface area contributed by atoms with Crippen LogP contribution in [0.2, 0.25) is 0 Å². The minimum absolute atomic E-state index is 0.849. The van der Waals surface area contributed by atoms with Crippen LogP contribution in [0.3, 0.4) is 0 Å². The van der Waals surface area contributed by atoms with Gasteiger partial charge in [0.15, 0.2) is 5.96 Å². The van der Waals surface area contributed by atoms with Crippen molar-refractivity contribution in [2.75, 3.05) is 26.2 Å². The second-order valence-electron chi connectivity index (χ2n) is 4.92. The second kappa shape index (κ2) is 6.89. The van der Waals surface area contributed by atoms with Crippen molar-refractivity contribution < 1.29 is 0 Å². The molecule has 0 atom stereocenters. The predicted octanol–water partition coefficient (Wildman–Crippen LogP) is 2.36. The van der Waals surface area contributed by atoms with Gasteiger partial charge in [-0.05, 0) is 33.6 Å². The van der Waals surface area contributed by atoms with Crippen LogP contribution in [0, 0.1) is 13.8 Å². The lowest BCUT2D eigenvalue weighted by atomic mass is 10.3. The van der Waals surface area contributed by atoms with Gasteiger partial charge < -0.3 is 10.2 Å². The molecule has 1 fully saturated rings. The molecule has 2 rings (SSSR count). The standard InChI is InChI=1S/C14H24N4S/c1-4-15-14(18-9-5-6-10-18)16-8-7-13-11(2)17-12(3)19-13/h4-10H2,1-3H3,(H,15,16). The molecule has 0 aliphatic carbocycles. The van der Waals surface area contributed by atoms with Crippen LogP contribution in [0.4, 0.5) is 0 Å². The van der Waals surface area contributed by atoms with Gasteiger partial charge in [-0.2, -0.15) is 0 Å². The molecule has 19 heavy (non-hydrogen) atoms. The number of aromatic nitrogens is 1. The Bertz CT molecular complexity index is 433. The summed E-state index contributed by atoms with van der Waals surface area (Å²) in [6.45, 7) is 10.4. The smallest absolute Gasteiger partial charge is 0.193 e. The Morgan fingerprint density at radius 1 is 1.37 bits per heavy atom. The number of thiazole rings is 1. The van der Waals surface area contributed by atoms with Crippen LogP contribution in [0.1, 0.15) is 35.3 Å². The Morgan fingerprint density at radius 2 is 2.11 bits per heavy atom. The molecule has 0 amide bonds. The maximum absolute atomic E-state index is 4.75. The molecule has 2 heterocycles. The number of aryl methyl sites for hydroxylation is 2. The lowest BCUT2D eigenvalue weighted by Gasteiger charge is -2.20. The number of rotatable bonds is 4. The highest BCUT2D eigenvalue weighted by Gasteiger charge is 2.15. The van der Waals surface area contributed by atoms with Crippen LogP contribution in [-0.2, 0) is 6.42 Å². The first-order valence-electron chi connectivity index (χ1n) is 7.17. The average Bonchev–Trinajstić information content (AvgIpc) is 2.99. The van der Waals surface area contributed by atoms with Gasteiger partial charge >= 0.3 is 0 Å². The minimum atomic E-state index is 0.849. The van der Waals surface area contributed by atoms with Crippen LogP contribution in [0.15, 0.2) is 4.99 Å². The summed E-state index contributed by atoms with van der Waals surface area (Å²) in [7, 11) is 0. The lowest BCUT2D eigenvalue weighted by molar-refractivity contribution is 0.494. The molecule has 106 valence electrons. The number of nitrogens with zero attached hydrogens (tertiary/aromatic N) is 3. The van der Waals surface area contributed by atoms with E-state index in [1.54, 1.807) is 11.3 Å². The molecule has 1 N–H and O–H groups in total. The highest BCUT2D eigenvalue weighted by atomic mass is 32.1. The van der Waals surface area contributed by atoms with Crippen LogP contribution < -0.4 is 5.32 Å². The van der Waals surface area contributed by atoms with E-state index in [9.17, 15) is 0 Å². The van der Waals surface area contributed by atoms with E-state index in [2.05, 4.69) is 36.0 Å². The molecule has 1 aliphatic heterocycles. The van der Waals surface area contributed by atoms with Gasteiger partial charge in [-0.1, -0.05) is 0 Å². The van der Waals surface area contributed by atoms with Crippen molar-refractivity contribution in [1.82, 2.24) is 15.2 Å². The van der Waals surface area contributed by atoms with Crippen molar-refractivity contribution in [3.05, 3.63) is 15.6 Å². The number of guanidine groups is 1. The summed E-state index contributed by atoms with van der Waals surface area (Å²) < 4.78 is 0. The van der Waals surface area contributed by atoms with E-state index >= 15 is 0 Å². The number of hydrogen-bond acceptors (Lipinski definition) is 3. The van der Waals surface area contributed by atoms with Gasteiger partial charge in [-0.3, -0.25) is 4.99 Å². The fourth-order valence-corrected chi connectivity index (χ4v) is 3.35. The molecule has 0 saturated carbocycles. The van der Waals surface area contributed by atoms with E-state index in [0.29, 0.717) is 0 Å². The van der Waals surface area contributed by atoms with E-state index in [-0.39, 0.29) is 0 Å². The summed E-state index contributed by atoms with van der Waals surface area (Å²) >= 11 is 1.80. The van der Waals surface area contributed by atoms with Crippen molar-refractivity contribution in [3.63, 3.8) is 0 Å². The zero-order chi connectivity index (χ0) is 13.7. The summed E-state index contributed by atoms with van der Waals surface area (Å²) in [4.78, 5) is 13.0. The molecule has 1 aromatic heterocycles. The Balaban J connectivity index is 1.92. The molecule has 0 unspecified atom stereocenters. The Labute approximate surface area is 120 Å². The number of likely N-dealkylation sites (tertiary alicyclic amines) is 1. The maximum Gasteiger partial charge on any atom is 0.193 e. The van der Waals surface area contributed by atoms with Gasteiger partial charge in [0.25, 0.3) is 0 Å². The first-order chi connectivity index (χ1) is 9.20. The fraction of sp³-hybridized carbons (Fsp3) is 0.714. The predicted molar refractivity (Wildman–Crippen MR) is 82.1 cm³/mol. The van der Waals surface area contributed by atoms with Crippen LogP contribution in [-0.4, -0.2) is 42.0 Å². The number of aliphatic imine (C=N–C) groups is 1. The summed E-state index contributed by atoms with van der Waals surface area (Å²) in [5.74, 6) is 1.08. The molecular weight excluding hydrogens is 256 g/mol. The topological polar surface area (TPSA) is 40.5 Å². The molecule has 0 aromatic carbocycles. The van der Waals surface area contributed by atoms with Gasteiger partial charge in [0, 0.05) is 37.5 Å². The zero-order valence-corrected chi connectivity index (χ0v) is 13.0. The van der Waals surface area contributed by atoms with Gasteiger partial charge in [0.05, 0.1) is 10.7 Å². The van der Waals surface area contributed by atoms with Crippen LogP contribution in [0.5, 0.6) is 0 Å². The SMILES string of the molecule is CCNC(=NCCc1sc(C)nc1C)N1CCCC1. The molecule has 1 aromatic rings. The third-order valence-electron chi connectivity index (χ3n) is 3.34. The van der Waals surface area contributed by atoms with Gasteiger partial charge in [0.2, 0.25) is 0 Å². The zero-order valence-electron chi connectivity index (χ0n) is 12.2. The van der Waals surface area contributed by atoms with E-state index < -0.39 is 0 Å². The first-order valence-corrected chi connectivity index (χ1v) is 7.98. The van der Waals surface area contributed by atoms with Crippen molar-refractivity contribution in [1.29, 1.82) is 0 Å². The summed E-state index contributed by atoms with van der Waals surface area (Å²) in [5, 5.41) is 4.55. The second-order valence-corrected chi connectivity index (χ2v) is 6.21. The molecule has 1 saturated heterocycles. The number of nitrogens with one attached hydrogen (secondary N) is 1. The Morgan fingerprint density at radius 3 is 2.68 bits per heavy atom. The highest BCUT2D eigenvalue weighted by Crippen LogP contribution is 2.17. The van der Waals surface area contributed by atoms with Crippen molar-refractivity contribution in [2.24, 2.45) is 4.99 Å². The first kappa shape index (κ1) is 14.3. The van der Waals surface area contributed by atoms with Crippen molar-refractivity contribution in [2.45, 2.75) is 40.0 Å². The van der Waals surface area contributed by atoms with Crippen molar-refractivity contribution >= 4 is 17.3 Å². The quantitative estimate of drug-likeness (QED) is 0.680. The molecule has 0 bridgehead atoms. The van der Waals surface area contributed by atoms with Gasteiger partial charge in [-0.15, -0.1) is 11.3 Å². The summed E-state index contributed by atoms with van der Waals surface area (Å²) in [6, 6.07) is 0. The number of hydrogen-bond donors (Lipinski definition) is 1. The van der Waals surface area contributed by atoms with Crippen LogP contribution in [0.25, 0.3) is 0 Å². The van der Waals surface area contributed by atoms with Crippen molar-refractivity contribution in [3.8, 4) is 0 Å². The Hall–Kier alpha value is -1.10. The van der Waals surface area contributed by atoms with Gasteiger partial charge in [0.1, 0.15) is 0 Å². The van der Waals surface area contributed by atoms with E-state index in [0.717, 1.165) is 43.6 Å². The molecule has 1 aliphatic rings. The Kier molecular flexibility index (Phi) is 5.19. The summed E-state index contributed by atoms with van der Waals surface area (Å²) in [6.07, 6.45) is 3.58. The van der Waals surface area contributed by atoms with Crippen LogP contribution >= 0.6 is 11.3 Å². The average molecular weight is 280 g/mol. The largest absolute Gasteiger partial charge is 0.357 e. The monoisotopic (exact) mass is 280 g/mol. The molecular formula is C14H24N4S. The van der Waals surface area contributed by atoms with Gasteiger partial charge in [-0.25, -0.2) is 4.98 Å². The lowest BCUT2D eigenvalue weighted by Crippen LogP contribution is -2.39. The highest BCUT2D eigenvalue weighted by molar-refractivity contribution is 7.11. The normalized spacial score (nSPS) is 16.2.